The lowest BCUT2D eigenvalue weighted by molar-refractivity contribution is -0.120. The summed E-state index contributed by atoms with van der Waals surface area (Å²) in [5.74, 6) is -0.826. The summed E-state index contributed by atoms with van der Waals surface area (Å²) in [7, 11) is 0. The van der Waals surface area contributed by atoms with Gasteiger partial charge in [-0.2, -0.15) is 0 Å². The molecule has 6 rings (SSSR count). The van der Waals surface area contributed by atoms with E-state index < -0.39 is 12.1 Å². The highest BCUT2D eigenvalue weighted by molar-refractivity contribution is 6.41. The second kappa shape index (κ2) is 8.48. The van der Waals surface area contributed by atoms with Crippen LogP contribution in [0.2, 0.25) is 10.0 Å². The molecule has 0 bridgehead atoms. The number of pyridine rings is 1. The average Bonchev–Trinajstić information content (AvgIpc) is 3.27. The standard InChI is InChI=1S/C27H18Cl2N4O2/c28-20-11-5-9-17-21(29)19(14-30-23(17)20)26(34)32-25-27(35)33-13-12-16-8-4-10-18(24(16)33)22(31-25)15-6-2-1-3-7-15/h1-11,14,25H,12-13H2,(H,32,34)/t25-/m0/s1. The van der Waals surface area contributed by atoms with Gasteiger partial charge in [-0.1, -0.05) is 83.9 Å². The Hall–Kier alpha value is -3.74. The SMILES string of the molecule is O=C(N[C@@H]1N=C(c2ccccc2)c2cccc3c2N(CC3)C1=O)c1cnc2c(Cl)cccc2c1Cl. The van der Waals surface area contributed by atoms with Gasteiger partial charge in [-0.05, 0) is 18.1 Å². The van der Waals surface area contributed by atoms with Gasteiger partial charge < -0.3 is 10.2 Å². The molecule has 2 amide bonds. The van der Waals surface area contributed by atoms with Gasteiger partial charge in [0.25, 0.3) is 11.8 Å². The van der Waals surface area contributed by atoms with Crippen LogP contribution >= 0.6 is 23.2 Å². The van der Waals surface area contributed by atoms with Crippen LogP contribution < -0.4 is 10.2 Å². The number of nitrogens with one attached hydrogen (secondary N) is 1. The molecule has 1 aromatic heterocycles. The molecule has 4 aromatic rings. The maximum atomic E-state index is 13.6. The van der Waals surface area contributed by atoms with Gasteiger partial charge in [0, 0.05) is 29.3 Å². The van der Waals surface area contributed by atoms with Crippen molar-refractivity contribution in [2.45, 2.75) is 12.6 Å². The van der Waals surface area contributed by atoms with Crippen LogP contribution in [-0.2, 0) is 11.2 Å². The molecule has 1 atom stereocenters. The Labute approximate surface area is 211 Å². The Morgan fingerprint density at radius 2 is 1.80 bits per heavy atom. The third-order valence-corrected chi connectivity index (χ3v) is 7.06. The zero-order chi connectivity index (χ0) is 24.1. The van der Waals surface area contributed by atoms with E-state index in [9.17, 15) is 9.59 Å². The third kappa shape index (κ3) is 3.57. The van der Waals surface area contributed by atoms with E-state index in [2.05, 4.69) is 10.3 Å². The fourth-order valence-corrected chi connectivity index (χ4v) is 5.21. The molecular formula is C27H18Cl2N4O2. The van der Waals surface area contributed by atoms with Crippen molar-refractivity contribution in [2.24, 2.45) is 4.99 Å². The Kier molecular flexibility index (Phi) is 5.28. The number of benzene rings is 3. The van der Waals surface area contributed by atoms with Gasteiger partial charge in [0.1, 0.15) is 0 Å². The first-order valence-electron chi connectivity index (χ1n) is 11.1. The van der Waals surface area contributed by atoms with E-state index in [-0.39, 0.29) is 16.5 Å². The summed E-state index contributed by atoms with van der Waals surface area (Å²) in [5.41, 5.74) is 4.99. The molecule has 0 unspecified atom stereocenters. The summed E-state index contributed by atoms with van der Waals surface area (Å²) in [6.07, 6.45) is 0.998. The molecule has 6 nitrogen and oxygen atoms in total. The molecule has 2 aliphatic heterocycles. The van der Waals surface area contributed by atoms with Gasteiger partial charge in [-0.15, -0.1) is 0 Å². The lowest BCUT2D eigenvalue weighted by atomic mass is 9.98. The number of halogens is 2. The summed E-state index contributed by atoms with van der Waals surface area (Å²) < 4.78 is 0. The molecular weight excluding hydrogens is 483 g/mol. The van der Waals surface area contributed by atoms with Crippen LogP contribution in [0.4, 0.5) is 5.69 Å². The third-order valence-electron chi connectivity index (χ3n) is 6.35. The molecule has 0 saturated carbocycles. The van der Waals surface area contributed by atoms with Gasteiger partial charge in [0.2, 0.25) is 6.17 Å². The predicted molar refractivity (Wildman–Crippen MR) is 138 cm³/mol. The minimum atomic E-state index is -1.12. The highest BCUT2D eigenvalue weighted by Crippen LogP contribution is 2.36. The summed E-state index contributed by atoms with van der Waals surface area (Å²) in [6, 6.07) is 20.8. The van der Waals surface area contributed by atoms with Gasteiger partial charge in [-0.3, -0.25) is 14.6 Å². The highest BCUT2D eigenvalue weighted by Gasteiger charge is 2.37. The van der Waals surface area contributed by atoms with Crippen LogP contribution in [0.1, 0.15) is 27.0 Å². The first-order valence-corrected chi connectivity index (χ1v) is 11.9. The molecule has 172 valence electrons. The minimum absolute atomic E-state index is 0.148. The van der Waals surface area contributed by atoms with Crippen molar-refractivity contribution in [3.8, 4) is 0 Å². The minimum Gasteiger partial charge on any atom is -0.322 e. The Balaban J connectivity index is 1.43. The second-order valence-corrected chi connectivity index (χ2v) is 9.18. The number of hydrogen-bond acceptors (Lipinski definition) is 4. The second-order valence-electron chi connectivity index (χ2n) is 8.39. The smallest absolute Gasteiger partial charge is 0.272 e. The molecule has 3 aromatic carbocycles. The van der Waals surface area contributed by atoms with E-state index in [1.165, 1.54) is 6.20 Å². The summed E-state index contributed by atoms with van der Waals surface area (Å²) in [4.78, 5) is 37.7. The quantitative estimate of drug-likeness (QED) is 0.428. The molecule has 0 saturated heterocycles. The Morgan fingerprint density at radius 1 is 1.00 bits per heavy atom. The van der Waals surface area contributed by atoms with Gasteiger partial charge >= 0.3 is 0 Å². The number of fused-ring (bicyclic) bond motifs is 1. The molecule has 35 heavy (non-hydrogen) atoms. The number of para-hydroxylation sites is 2. The first-order chi connectivity index (χ1) is 17.0. The molecule has 0 spiro atoms. The number of hydrogen-bond donors (Lipinski definition) is 1. The maximum Gasteiger partial charge on any atom is 0.272 e. The monoisotopic (exact) mass is 500 g/mol. The number of rotatable bonds is 3. The highest BCUT2D eigenvalue weighted by atomic mass is 35.5. The molecule has 2 aliphatic rings. The molecule has 1 N–H and O–H groups in total. The van der Waals surface area contributed by atoms with Crippen molar-refractivity contribution in [1.29, 1.82) is 0 Å². The predicted octanol–water partition coefficient (Wildman–Crippen LogP) is 5.04. The van der Waals surface area contributed by atoms with Crippen LogP contribution in [0.5, 0.6) is 0 Å². The largest absolute Gasteiger partial charge is 0.322 e. The van der Waals surface area contributed by atoms with Crippen molar-refractivity contribution >= 4 is 57.3 Å². The molecule has 8 heteroatoms. The van der Waals surface area contributed by atoms with Crippen LogP contribution in [0, 0.1) is 0 Å². The number of carbonyl (C=O) groups is 2. The van der Waals surface area contributed by atoms with Gasteiger partial charge in [-0.25, -0.2) is 4.99 Å². The van der Waals surface area contributed by atoms with E-state index in [0.29, 0.717) is 28.2 Å². The zero-order valence-corrected chi connectivity index (χ0v) is 19.8. The topological polar surface area (TPSA) is 74.7 Å². The maximum absolute atomic E-state index is 13.6. The summed E-state index contributed by atoms with van der Waals surface area (Å²) in [5, 5.41) is 4.01. The fraction of sp³-hybridized carbons (Fsp3) is 0.111. The Bertz CT molecular complexity index is 1550. The van der Waals surface area contributed by atoms with E-state index in [1.807, 2.05) is 48.5 Å². The fourth-order valence-electron chi connectivity index (χ4n) is 4.70. The number of amides is 2. The number of nitrogens with zero attached hydrogens (tertiary/aromatic N) is 3. The van der Waals surface area contributed by atoms with E-state index in [1.54, 1.807) is 23.1 Å². The summed E-state index contributed by atoms with van der Waals surface area (Å²) >= 11 is 12.8. The number of aliphatic imine (C=N–C) groups is 1. The molecule has 0 radical (unpaired) electrons. The van der Waals surface area contributed by atoms with Gasteiger partial charge in [0.15, 0.2) is 0 Å². The number of aromatic nitrogens is 1. The summed E-state index contributed by atoms with van der Waals surface area (Å²) in [6.45, 7) is 0.534. The van der Waals surface area contributed by atoms with E-state index in [0.717, 1.165) is 28.8 Å². The Morgan fingerprint density at radius 3 is 2.63 bits per heavy atom. The molecule has 0 fully saturated rings. The van der Waals surface area contributed by atoms with Crippen molar-refractivity contribution in [3.63, 3.8) is 0 Å². The van der Waals surface area contributed by atoms with Gasteiger partial charge in [0.05, 0.1) is 32.5 Å². The zero-order valence-electron chi connectivity index (χ0n) is 18.3. The lowest BCUT2D eigenvalue weighted by Crippen LogP contribution is -2.47. The first kappa shape index (κ1) is 21.8. The van der Waals surface area contributed by atoms with Crippen LogP contribution in [-0.4, -0.2) is 35.2 Å². The van der Waals surface area contributed by atoms with Crippen LogP contribution in [0.25, 0.3) is 10.9 Å². The van der Waals surface area contributed by atoms with E-state index >= 15 is 0 Å². The average molecular weight is 501 g/mol. The molecule has 3 heterocycles. The van der Waals surface area contributed by atoms with Crippen LogP contribution in [0.3, 0.4) is 0 Å². The number of carbonyl (C=O) groups excluding carboxylic acids is 2. The lowest BCUT2D eigenvalue weighted by Gasteiger charge is -2.21. The van der Waals surface area contributed by atoms with Crippen molar-refractivity contribution in [1.82, 2.24) is 10.3 Å². The molecule has 0 aliphatic carbocycles. The van der Waals surface area contributed by atoms with Crippen molar-refractivity contribution in [2.75, 3.05) is 11.4 Å². The van der Waals surface area contributed by atoms with Crippen LogP contribution in [0.15, 0.2) is 77.9 Å². The van der Waals surface area contributed by atoms with E-state index in [4.69, 9.17) is 28.2 Å². The van der Waals surface area contributed by atoms with Crippen molar-refractivity contribution in [3.05, 3.63) is 105 Å². The normalized spacial score (nSPS) is 16.6. The van der Waals surface area contributed by atoms with Crippen molar-refractivity contribution < 1.29 is 9.59 Å². The number of anilines is 1.